The number of aromatic nitrogens is 2. The van der Waals surface area contributed by atoms with Crippen LogP contribution in [0.3, 0.4) is 0 Å². The summed E-state index contributed by atoms with van der Waals surface area (Å²) in [6, 6.07) is 10.1. The first-order valence-corrected chi connectivity index (χ1v) is 8.14. The van der Waals surface area contributed by atoms with Crippen molar-refractivity contribution in [2.75, 3.05) is 36.4 Å². The second kappa shape index (κ2) is 7.98. The monoisotopic (exact) mass is 350 g/mol. The molecule has 1 aliphatic rings. The molecule has 0 radical (unpaired) electrons. The van der Waals surface area contributed by atoms with Crippen LogP contribution in [0.25, 0.3) is 0 Å². The zero-order valence-electron chi connectivity index (χ0n) is 14.0. The Hall–Kier alpha value is -3.60. The Bertz CT molecular complexity index is 838. The van der Waals surface area contributed by atoms with Crippen LogP contribution in [0, 0.1) is 11.3 Å². The fraction of sp³-hybridized carbons (Fsp3) is 0.222. The lowest BCUT2D eigenvalue weighted by molar-refractivity contribution is -0.112. The third-order valence-electron chi connectivity index (χ3n) is 3.98. The van der Waals surface area contributed by atoms with Crippen LogP contribution in [0.1, 0.15) is 0 Å². The molecule has 1 saturated heterocycles. The second-order valence-electron chi connectivity index (χ2n) is 5.70. The molecule has 0 aliphatic carbocycles. The van der Waals surface area contributed by atoms with Crippen LogP contribution in [0.4, 0.5) is 11.6 Å². The van der Waals surface area contributed by atoms with E-state index in [4.69, 9.17) is 0 Å². The number of hydrogen-bond donors (Lipinski definition) is 2. The topological polar surface area (TPSA) is 105 Å². The van der Waals surface area contributed by atoms with Gasteiger partial charge in [0.2, 0.25) is 5.95 Å². The number of hydrogen-bond acceptors (Lipinski definition) is 7. The van der Waals surface area contributed by atoms with Crippen molar-refractivity contribution in [1.29, 1.82) is 5.26 Å². The maximum absolute atomic E-state index is 12.3. The summed E-state index contributed by atoms with van der Waals surface area (Å²) in [6.07, 6.45) is 4.95. The normalized spacial score (nSPS) is 14.7. The molecule has 26 heavy (non-hydrogen) atoms. The van der Waals surface area contributed by atoms with Crippen molar-refractivity contribution >= 4 is 17.5 Å². The van der Waals surface area contributed by atoms with Gasteiger partial charge < -0.3 is 20.2 Å². The fourth-order valence-electron chi connectivity index (χ4n) is 2.60. The van der Waals surface area contributed by atoms with Crippen molar-refractivity contribution in [2.45, 2.75) is 0 Å². The first-order valence-electron chi connectivity index (χ1n) is 8.14. The van der Waals surface area contributed by atoms with Gasteiger partial charge in [0, 0.05) is 44.8 Å². The van der Waals surface area contributed by atoms with Crippen LogP contribution in [0.15, 0.2) is 54.5 Å². The summed E-state index contributed by atoms with van der Waals surface area (Å²) in [7, 11) is 0. The quantitative estimate of drug-likeness (QED) is 0.487. The molecule has 3 rings (SSSR count). The first kappa shape index (κ1) is 17.2. The number of piperazine rings is 1. The SMILES string of the molecule is N#C/C(=C/N1CCN(c2ncccn2)CC1)C(=O)Nc1ccccc1O. The molecule has 2 N–H and O–H groups in total. The van der Waals surface area contributed by atoms with Gasteiger partial charge >= 0.3 is 0 Å². The fourth-order valence-corrected chi connectivity index (χ4v) is 2.60. The molecule has 1 amide bonds. The zero-order valence-corrected chi connectivity index (χ0v) is 14.0. The average Bonchev–Trinajstić information content (AvgIpc) is 2.69. The van der Waals surface area contributed by atoms with Crippen molar-refractivity contribution in [3.8, 4) is 11.8 Å². The Kier molecular flexibility index (Phi) is 5.29. The Labute approximate surface area is 151 Å². The third kappa shape index (κ3) is 4.08. The van der Waals surface area contributed by atoms with Crippen LogP contribution in [0.5, 0.6) is 5.75 Å². The Morgan fingerprint density at radius 3 is 2.50 bits per heavy atom. The number of anilines is 2. The van der Waals surface area contributed by atoms with Crippen LogP contribution in [-0.4, -0.2) is 52.1 Å². The summed E-state index contributed by atoms with van der Waals surface area (Å²) in [5, 5.41) is 21.6. The number of carbonyl (C=O) groups excluding carboxylic acids is 1. The van der Waals surface area contributed by atoms with E-state index in [1.54, 1.807) is 42.9 Å². The molecule has 0 bridgehead atoms. The van der Waals surface area contributed by atoms with Gasteiger partial charge in [0.05, 0.1) is 5.69 Å². The summed E-state index contributed by atoms with van der Waals surface area (Å²) in [6.45, 7) is 2.68. The minimum Gasteiger partial charge on any atom is -0.506 e. The highest BCUT2D eigenvalue weighted by atomic mass is 16.3. The highest BCUT2D eigenvalue weighted by molar-refractivity contribution is 6.07. The Balaban J connectivity index is 1.62. The summed E-state index contributed by atoms with van der Waals surface area (Å²) >= 11 is 0. The molecule has 132 valence electrons. The van der Waals surface area contributed by atoms with E-state index in [-0.39, 0.29) is 17.0 Å². The third-order valence-corrected chi connectivity index (χ3v) is 3.98. The molecule has 8 heteroatoms. The van der Waals surface area contributed by atoms with Gasteiger partial charge in [0.1, 0.15) is 17.4 Å². The number of nitrogens with zero attached hydrogens (tertiary/aromatic N) is 5. The molecule has 0 saturated carbocycles. The first-order chi connectivity index (χ1) is 12.7. The molecule has 1 aromatic carbocycles. The summed E-state index contributed by atoms with van der Waals surface area (Å²) < 4.78 is 0. The molecular formula is C18H18N6O2. The smallest absolute Gasteiger partial charge is 0.267 e. The van der Waals surface area contributed by atoms with Gasteiger partial charge in [-0.05, 0) is 18.2 Å². The van der Waals surface area contributed by atoms with Gasteiger partial charge in [-0.2, -0.15) is 5.26 Å². The summed E-state index contributed by atoms with van der Waals surface area (Å²) in [5.74, 6) is 0.0753. The minimum absolute atomic E-state index is 0.0161. The predicted octanol–water partition coefficient (Wildman–Crippen LogP) is 1.35. The second-order valence-corrected chi connectivity index (χ2v) is 5.70. The number of amides is 1. The number of nitrogens with one attached hydrogen (secondary N) is 1. The van der Waals surface area contributed by atoms with Gasteiger partial charge in [-0.3, -0.25) is 4.79 Å². The Morgan fingerprint density at radius 1 is 1.15 bits per heavy atom. The van der Waals surface area contributed by atoms with E-state index in [9.17, 15) is 15.2 Å². The molecule has 1 aliphatic heterocycles. The highest BCUT2D eigenvalue weighted by Crippen LogP contribution is 2.22. The number of nitriles is 1. The Morgan fingerprint density at radius 2 is 1.85 bits per heavy atom. The van der Waals surface area contributed by atoms with Gasteiger partial charge in [-0.15, -0.1) is 0 Å². The molecule has 0 unspecified atom stereocenters. The van der Waals surface area contributed by atoms with Gasteiger partial charge in [0.15, 0.2) is 0 Å². The lowest BCUT2D eigenvalue weighted by atomic mass is 10.2. The molecule has 0 spiro atoms. The van der Waals surface area contributed by atoms with E-state index in [0.717, 1.165) is 0 Å². The molecule has 0 atom stereocenters. The number of phenolic OH excluding ortho intramolecular Hbond substituents is 1. The number of phenols is 1. The maximum atomic E-state index is 12.3. The van der Waals surface area contributed by atoms with Crippen molar-refractivity contribution in [3.63, 3.8) is 0 Å². The maximum Gasteiger partial charge on any atom is 0.267 e. The number of rotatable bonds is 4. The van der Waals surface area contributed by atoms with Crippen molar-refractivity contribution < 1.29 is 9.90 Å². The number of carbonyl (C=O) groups is 1. The lowest BCUT2D eigenvalue weighted by Crippen LogP contribution is -2.45. The van der Waals surface area contributed by atoms with Crippen molar-refractivity contribution in [3.05, 3.63) is 54.5 Å². The van der Waals surface area contributed by atoms with Gasteiger partial charge in [0.25, 0.3) is 5.91 Å². The van der Waals surface area contributed by atoms with Crippen LogP contribution in [-0.2, 0) is 4.79 Å². The molecular weight excluding hydrogens is 332 g/mol. The van der Waals surface area contributed by atoms with E-state index in [1.807, 2.05) is 11.0 Å². The predicted molar refractivity (Wildman–Crippen MR) is 96.3 cm³/mol. The molecule has 2 aromatic rings. The van der Waals surface area contributed by atoms with E-state index in [1.165, 1.54) is 6.07 Å². The molecule has 8 nitrogen and oxygen atoms in total. The largest absolute Gasteiger partial charge is 0.506 e. The summed E-state index contributed by atoms with van der Waals surface area (Å²) in [5.41, 5.74) is 0.252. The van der Waals surface area contributed by atoms with Crippen LogP contribution >= 0.6 is 0 Å². The van der Waals surface area contributed by atoms with Crippen LogP contribution in [0.2, 0.25) is 0 Å². The highest BCUT2D eigenvalue weighted by Gasteiger charge is 2.19. The van der Waals surface area contributed by atoms with E-state index in [0.29, 0.717) is 32.1 Å². The number of para-hydroxylation sites is 2. The lowest BCUT2D eigenvalue weighted by Gasteiger charge is -2.34. The van der Waals surface area contributed by atoms with Crippen molar-refractivity contribution in [2.24, 2.45) is 0 Å². The average molecular weight is 350 g/mol. The van der Waals surface area contributed by atoms with E-state index >= 15 is 0 Å². The van der Waals surface area contributed by atoms with Crippen LogP contribution < -0.4 is 10.2 Å². The van der Waals surface area contributed by atoms with Crippen molar-refractivity contribution in [1.82, 2.24) is 14.9 Å². The molecule has 2 heterocycles. The molecule has 1 fully saturated rings. The van der Waals surface area contributed by atoms with Gasteiger partial charge in [-0.1, -0.05) is 12.1 Å². The number of benzene rings is 1. The van der Waals surface area contributed by atoms with E-state index in [2.05, 4.69) is 20.2 Å². The molecule has 1 aromatic heterocycles. The summed E-state index contributed by atoms with van der Waals surface area (Å²) in [4.78, 5) is 24.7. The van der Waals surface area contributed by atoms with Gasteiger partial charge in [-0.25, -0.2) is 9.97 Å². The van der Waals surface area contributed by atoms with E-state index < -0.39 is 5.91 Å². The minimum atomic E-state index is -0.553. The number of aromatic hydroxyl groups is 1. The standard InChI is InChI=1S/C18H18N6O2/c19-12-14(17(26)22-15-4-1-2-5-16(15)25)13-23-8-10-24(11-9-23)18-20-6-3-7-21-18/h1-7,13,25H,8-11H2,(H,22,26)/b14-13-. The zero-order chi connectivity index (χ0) is 18.4.